The molecule has 0 aliphatic rings. The van der Waals surface area contributed by atoms with Crippen molar-refractivity contribution >= 4 is 76.1 Å². The van der Waals surface area contributed by atoms with Crippen LogP contribution in [0.5, 0.6) is 0 Å². The molecule has 0 aliphatic heterocycles. The highest BCUT2D eigenvalue weighted by Gasteiger charge is 2.41. The van der Waals surface area contributed by atoms with Gasteiger partial charge < -0.3 is 14.6 Å². The highest BCUT2D eigenvalue weighted by atomic mass is 35.5. The molecule has 3 aromatic rings. The van der Waals surface area contributed by atoms with E-state index in [1.54, 1.807) is 0 Å². The quantitative estimate of drug-likeness (QED) is 0.247. The maximum absolute atomic E-state index is 13.0. The summed E-state index contributed by atoms with van der Waals surface area (Å²) in [5.74, 6) is -6.58. The number of nitrogens with one attached hydrogen (secondary N) is 2. The summed E-state index contributed by atoms with van der Waals surface area (Å²) < 4.78 is 10.1. The lowest BCUT2D eigenvalue weighted by Gasteiger charge is -2.24. The molecule has 0 spiro atoms. The molecule has 0 fully saturated rings. The largest absolute Gasteiger partial charge is 0.478 e. The summed E-state index contributed by atoms with van der Waals surface area (Å²) in [5, 5.41) is 9.86. The Kier molecular flexibility index (Phi) is 10.1. The molecule has 0 radical (unpaired) electrons. The van der Waals surface area contributed by atoms with E-state index in [0.29, 0.717) is 0 Å². The van der Waals surface area contributed by atoms with Gasteiger partial charge in [0, 0.05) is 5.02 Å². The van der Waals surface area contributed by atoms with Crippen molar-refractivity contribution in [2.45, 2.75) is 12.2 Å². The first-order valence-corrected chi connectivity index (χ1v) is 12.2. The Hall–Kier alpha value is -3.83. The fourth-order valence-electron chi connectivity index (χ4n) is 3.04. The van der Waals surface area contributed by atoms with Gasteiger partial charge >= 0.3 is 17.9 Å². The molecule has 10 nitrogen and oxygen atoms in total. The molecular weight excluding hydrogens is 598 g/mol. The fourth-order valence-corrected chi connectivity index (χ4v) is 3.96. The minimum atomic E-state index is -2.38. The van der Waals surface area contributed by atoms with Gasteiger partial charge in [-0.15, -0.1) is 0 Å². The molecule has 0 aromatic heterocycles. The van der Waals surface area contributed by atoms with E-state index in [0.717, 1.165) is 0 Å². The first kappa shape index (κ1) is 29.7. The summed E-state index contributed by atoms with van der Waals surface area (Å²) >= 11 is 23.8. The lowest BCUT2D eigenvalue weighted by molar-refractivity contribution is -0.159. The maximum atomic E-state index is 13.0. The zero-order valence-corrected chi connectivity index (χ0v) is 22.3. The van der Waals surface area contributed by atoms with Gasteiger partial charge in [0.1, 0.15) is 0 Å². The Morgan fingerprint density at radius 3 is 1.64 bits per heavy atom. The molecule has 3 aromatic carbocycles. The number of carbonyl (C=O) groups excluding carboxylic acids is 4. The van der Waals surface area contributed by atoms with E-state index in [2.05, 4.69) is 0 Å². The normalized spacial score (nSPS) is 12.0. The van der Waals surface area contributed by atoms with Crippen LogP contribution >= 0.6 is 46.4 Å². The fraction of sp³-hybridized carbons (Fsp3) is 0.0800. The minimum absolute atomic E-state index is 0.0481. The van der Waals surface area contributed by atoms with Gasteiger partial charge in [-0.2, -0.15) is 0 Å². The lowest BCUT2D eigenvalue weighted by Crippen LogP contribution is -2.54. The van der Waals surface area contributed by atoms with Crippen LogP contribution < -0.4 is 10.9 Å². The van der Waals surface area contributed by atoms with E-state index in [-0.39, 0.29) is 36.8 Å². The molecule has 3 N–H and O–H groups in total. The van der Waals surface area contributed by atoms with E-state index in [1.165, 1.54) is 66.7 Å². The first-order valence-electron chi connectivity index (χ1n) is 10.7. The van der Waals surface area contributed by atoms with E-state index < -0.39 is 41.9 Å². The summed E-state index contributed by atoms with van der Waals surface area (Å²) in [6, 6.07) is 15.1. The zero-order valence-electron chi connectivity index (χ0n) is 19.3. The van der Waals surface area contributed by atoms with Crippen molar-refractivity contribution in [3.63, 3.8) is 0 Å². The van der Waals surface area contributed by atoms with E-state index >= 15 is 0 Å². The number of aliphatic carboxylic acids is 1. The maximum Gasteiger partial charge on any atom is 0.349 e. The molecule has 0 saturated heterocycles. The molecule has 0 bridgehead atoms. The molecule has 0 heterocycles. The molecular formula is C25H16Cl4N2O8. The van der Waals surface area contributed by atoms with Gasteiger partial charge in [-0.25, -0.2) is 14.4 Å². The summed E-state index contributed by atoms with van der Waals surface area (Å²) in [4.78, 5) is 63.1. The average molecular weight is 614 g/mol. The summed E-state index contributed by atoms with van der Waals surface area (Å²) in [7, 11) is 0. The highest BCUT2D eigenvalue weighted by Crippen LogP contribution is 2.22. The van der Waals surface area contributed by atoms with E-state index in [4.69, 9.17) is 55.9 Å². The Balaban J connectivity index is 1.88. The van der Waals surface area contributed by atoms with E-state index in [1.807, 2.05) is 10.9 Å². The summed E-state index contributed by atoms with van der Waals surface area (Å²) in [6.07, 6.45) is -4.69. The number of ether oxygens (including phenoxy) is 2. The summed E-state index contributed by atoms with van der Waals surface area (Å²) in [5.41, 5.74) is 3.43. The van der Waals surface area contributed by atoms with Crippen LogP contribution in [0, 0.1) is 0 Å². The van der Waals surface area contributed by atoms with Crippen molar-refractivity contribution < 1.29 is 38.6 Å². The van der Waals surface area contributed by atoms with Crippen molar-refractivity contribution in [1.82, 2.24) is 10.9 Å². The third-order valence-electron chi connectivity index (χ3n) is 4.91. The molecule has 3 rings (SSSR count). The molecule has 0 aliphatic carbocycles. The molecule has 2 atom stereocenters. The number of hydrogen-bond acceptors (Lipinski definition) is 7. The number of rotatable bonds is 8. The Morgan fingerprint density at radius 1 is 0.641 bits per heavy atom. The number of carboxylic acids is 1. The number of carboxylic acid groups (broad SMARTS) is 1. The van der Waals surface area contributed by atoms with Gasteiger partial charge in [-0.3, -0.25) is 20.4 Å². The number of amides is 2. The topological polar surface area (TPSA) is 148 Å². The molecule has 39 heavy (non-hydrogen) atoms. The molecule has 0 saturated carbocycles. The van der Waals surface area contributed by atoms with Crippen LogP contribution in [0.1, 0.15) is 31.1 Å². The van der Waals surface area contributed by atoms with Crippen LogP contribution in [0.15, 0.2) is 66.7 Å². The first-order chi connectivity index (χ1) is 18.5. The third-order valence-corrected chi connectivity index (χ3v) is 6.11. The molecule has 14 heteroatoms. The van der Waals surface area contributed by atoms with Crippen molar-refractivity contribution in [2.24, 2.45) is 0 Å². The zero-order chi connectivity index (χ0) is 28.7. The standard InChI is InChI=1S/C25H16Cl4N2O8/c26-12-9-10-13(18(29)11-12)21(32)30-31-22(33)19(38-24(36)14-5-1-3-7-16(14)27)20(23(34)35)39-25(37)15-6-2-4-8-17(15)28/h1-11,19-20H,(H,30,32)(H,31,33)(H,34,35)/t19-,20+/m0/s1. The number of carbonyl (C=O) groups is 5. The number of benzene rings is 3. The lowest BCUT2D eigenvalue weighted by atomic mass is 10.1. The highest BCUT2D eigenvalue weighted by molar-refractivity contribution is 6.37. The van der Waals surface area contributed by atoms with Crippen molar-refractivity contribution in [3.05, 3.63) is 104 Å². The average Bonchev–Trinajstić information content (AvgIpc) is 2.89. The number of esters is 2. The van der Waals surface area contributed by atoms with Crippen LogP contribution in [0.4, 0.5) is 0 Å². The van der Waals surface area contributed by atoms with Gasteiger partial charge in [-0.05, 0) is 42.5 Å². The second-order valence-electron chi connectivity index (χ2n) is 7.52. The predicted molar refractivity (Wildman–Crippen MR) is 141 cm³/mol. The molecule has 202 valence electrons. The van der Waals surface area contributed by atoms with Gasteiger partial charge in [0.25, 0.3) is 11.8 Å². The second-order valence-corrected chi connectivity index (χ2v) is 9.18. The third kappa shape index (κ3) is 7.61. The van der Waals surface area contributed by atoms with Crippen molar-refractivity contribution in [1.29, 1.82) is 0 Å². The summed E-state index contributed by atoms with van der Waals surface area (Å²) in [6.45, 7) is 0. The second kappa shape index (κ2) is 13.3. The predicted octanol–water partition coefficient (Wildman–Crippen LogP) is 4.60. The van der Waals surface area contributed by atoms with Crippen LogP contribution in [-0.4, -0.2) is 47.0 Å². The number of hydrazine groups is 1. The van der Waals surface area contributed by atoms with Gasteiger partial charge in [0.15, 0.2) is 0 Å². The van der Waals surface area contributed by atoms with Crippen LogP contribution in [0.3, 0.4) is 0 Å². The number of halogens is 4. The van der Waals surface area contributed by atoms with Crippen LogP contribution in [0.25, 0.3) is 0 Å². The van der Waals surface area contributed by atoms with Gasteiger partial charge in [0.2, 0.25) is 12.2 Å². The number of hydrogen-bond donors (Lipinski definition) is 3. The van der Waals surface area contributed by atoms with Crippen LogP contribution in [0.2, 0.25) is 20.1 Å². The Morgan fingerprint density at radius 2 is 1.15 bits per heavy atom. The molecule has 2 amide bonds. The SMILES string of the molecule is O=C(NNC(=O)[C@@H](OC(=O)c1ccccc1Cl)[C@@H](OC(=O)c1ccccc1Cl)C(=O)O)c1ccc(Cl)cc1Cl. The minimum Gasteiger partial charge on any atom is -0.478 e. The van der Waals surface area contributed by atoms with E-state index in [9.17, 15) is 29.1 Å². The van der Waals surface area contributed by atoms with Crippen LogP contribution in [-0.2, 0) is 19.1 Å². The smallest absolute Gasteiger partial charge is 0.349 e. The molecule has 0 unspecified atom stereocenters. The van der Waals surface area contributed by atoms with Gasteiger partial charge in [0.05, 0.1) is 31.8 Å². The van der Waals surface area contributed by atoms with Crippen molar-refractivity contribution in [3.8, 4) is 0 Å². The Labute approximate surface area is 240 Å². The van der Waals surface area contributed by atoms with Crippen molar-refractivity contribution in [2.75, 3.05) is 0 Å². The van der Waals surface area contributed by atoms with Gasteiger partial charge in [-0.1, -0.05) is 70.7 Å². The monoisotopic (exact) mass is 612 g/mol. The Bertz CT molecular complexity index is 1450.